The Hall–Kier alpha value is -1.62. The highest BCUT2D eigenvalue weighted by molar-refractivity contribution is 9.10. The normalized spacial score (nSPS) is 21.9. The topological polar surface area (TPSA) is 46.9 Å². The molecule has 4 nitrogen and oxygen atoms in total. The van der Waals surface area contributed by atoms with Crippen LogP contribution in [0, 0.1) is 0 Å². The van der Waals surface area contributed by atoms with Gasteiger partial charge in [-0.05, 0) is 43.5 Å². The van der Waals surface area contributed by atoms with Crippen molar-refractivity contribution in [2.75, 3.05) is 0 Å². The van der Waals surface area contributed by atoms with E-state index in [-0.39, 0.29) is 11.9 Å². The molecule has 20 heavy (non-hydrogen) atoms. The Morgan fingerprint density at radius 2 is 2.10 bits per heavy atom. The summed E-state index contributed by atoms with van der Waals surface area (Å²) in [4.78, 5) is 16.4. The Labute approximate surface area is 126 Å². The van der Waals surface area contributed by atoms with Crippen molar-refractivity contribution in [3.8, 4) is 0 Å². The van der Waals surface area contributed by atoms with E-state index in [1.165, 1.54) is 0 Å². The van der Waals surface area contributed by atoms with Crippen LogP contribution in [0.15, 0.2) is 47.5 Å². The zero-order chi connectivity index (χ0) is 13.9. The molecule has 0 radical (unpaired) electrons. The molecule has 1 fully saturated rings. The van der Waals surface area contributed by atoms with Crippen LogP contribution in [0.1, 0.15) is 35.7 Å². The molecule has 1 aliphatic rings. The number of carbonyl (C=O) groups is 1. The number of aromatic nitrogens is 2. The van der Waals surface area contributed by atoms with Gasteiger partial charge in [0.05, 0.1) is 12.4 Å². The SMILES string of the molecule is O=C(N[C@H]1CCC[C@@H]1n1ccnc1)c1ccc(Br)cc1. The third-order valence-electron chi connectivity index (χ3n) is 3.81. The standard InChI is InChI=1S/C15H16BrN3O/c16-12-6-4-11(5-7-12)15(20)18-13-2-1-3-14(13)19-9-8-17-10-19/h4-10,13-14H,1-3H2,(H,18,20)/t13-,14-/m0/s1. The lowest BCUT2D eigenvalue weighted by atomic mass is 10.1. The molecule has 5 heteroatoms. The van der Waals surface area contributed by atoms with Gasteiger partial charge in [0.1, 0.15) is 0 Å². The molecule has 2 atom stereocenters. The first-order valence-electron chi connectivity index (χ1n) is 6.78. The lowest BCUT2D eigenvalue weighted by Crippen LogP contribution is -2.38. The Morgan fingerprint density at radius 1 is 1.30 bits per heavy atom. The van der Waals surface area contributed by atoms with Crippen LogP contribution in [0.2, 0.25) is 0 Å². The third-order valence-corrected chi connectivity index (χ3v) is 4.34. The van der Waals surface area contributed by atoms with E-state index in [2.05, 4.69) is 30.8 Å². The van der Waals surface area contributed by atoms with E-state index in [4.69, 9.17) is 0 Å². The summed E-state index contributed by atoms with van der Waals surface area (Å²) < 4.78 is 3.07. The molecule has 1 heterocycles. The van der Waals surface area contributed by atoms with Crippen LogP contribution in [0.4, 0.5) is 0 Å². The molecule has 1 aliphatic carbocycles. The highest BCUT2D eigenvalue weighted by Crippen LogP contribution is 2.30. The molecular formula is C15H16BrN3O. The molecule has 1 saturated carbocycles. The molecule has 0 saturated heterocycles. The molecule has 1 aromatic heterocycles. The van der Waals surface area contributed by atoms with Crippen LogP contribution in [0.25, 0.3) is 0 Å². The number of hydrogen-bond donors (Lipinski definition) is 1. The molecule has 1 aromatic carbocycles. The monoisotopic (exact) mass is 333 g/mol. The van der Waals surface area contributed by atoms with Gasteiger partial charge in [-0.1, -0.05) is 15.9 Å². The van der Waals surface area contributed by atoms with Gasteiger partial charge in [-0.15, -0.1) is 0 Å². The lowest BCUT2D eigenvalue weighted by molar-refractivity contribution is 0.0929. The second kappa shape index (κ2) is 5.79. The van der Waals surface area contributed by atoms with E-state index in [0.717, 1.165) is 23.7 Å². The van der Waals surface area contributed by atoms with Crippen LogP contribution in [0.3, 0.4) is 0 Å². The predicted octanol–water partition coefficient (Wildman–Crippen LogP) is 3.17. The summed E-state index contributed by atoms with van der Waals surface area (Å²) in [7, 11) is 0. The van der Waals surface area contributed by atoms with Gasteiger partial charge in [-0.25, -0.2) is 4.98 Å². The Morgan fingerprint density at radius 3 is 2.80 bits per heavy atom. The molecule has 2 aromatic rings. The lowest BCUT2D eigenvalue weighted by Gasteiger charge is -2.22. The number of benzene rings is 1. The number of hydrogen-bond acceptors (Lipinski definition) is 2. The third kappa shape index (κ3) is 2.77. The predicted molar refractivity (Wildman–Crippen MR) is 80.5 cm³/mol. The van der Waals surface area contributed by atoms with Crippen LogP contribution in [-0.4, -0.2) is 21.5 Å². The fourth-order valence-electron chi connectivity index (χ4n) is 2.78. The van der Waals surface area contributed by atoms with Gasteiger partial charge in [-0.2, -0.15) is 0 Å². The molecular weight excluding hydrogens is 318 g/mol. The fourth-order valence-corrected chi connectivity index (χ4v) is 3.05. The molecule has 0 spiro atoms. The van der Waals surface area contributed by atoms with E-state index in [0.29, 0.717) is 11.6 Å². The minimum Gasteiger partial charge on any atom is -0.347 e. The summed E-state index contributed by atoms with van der Waals surface area (Å²) in [6.07, 6.45) is 8.82. The number of rotatable bonds is 3. The van der Waals surface area contributed by atoms with E-state index < -0.39 is 0 Å². The number of nitrogens with one attached hydrogen (secondary N) is 1. The van der Waals surface area contributed by atoms with Crippen molar-refractivity contribution in [1.29, 1.82) is 0 Å². The van der Waals surface area contributed by atoms with Gasteiger partial charge in [0.15, 0.2) is 0 Å². The first kappa shape index (κ1) is 13.4. The quantitative estimate of drug-likeness (QED) is 0.937. The highest BCUT2D eigenvalue weighted by Gasteiger charge is 2.29. The van der Waals surface area contributed by atoms with E-state index in [1.807, 2.05) is 36.8 Å². The van der Waals surface area contributed by atoms with E-state index in [1.54, 1.807) is 6.20 Å². The largest absolute Gasteiger partial charge is 0.347 e. The zero-order valence-corrected chi connectivity index (χ0v) is 12.6. The van der Waals surface area contributed by atoms with Gasteiger partial charge in [0.25, 0.3) is 5.91 Å². The number of amides is 1. The molecule has 1 amide bonds. The van der Waals surface area contributed by atoms with Gasteiger partial charge < -0.3 is 9.88 Å². The van der Waals surface area contributed by atoms with Gasteiger partial charge in [-0.3, -0.25) is 4.79 Å². The highest BCUT2D eigenvalue weighted by atomic mass is 79.9. The van der Waals surface area contributed by atoms with Gasteiger partial charge in [0.2, 0.25) is 0 Å². The van der Waals surface area contributed by atoms with Crippen molar-refractivity contribution in [3.05, 3.63) is 53.0 Å². The number of imidazole rings is 1. The Bertz CT molecular complexity index is 580. The maximum Gasteiger partial charge on any atom is 0.251 e. The molecule has 3 rings (SSSR count). The number of carbonyl (C=O) groups excluding carboxylic acids is 1. The second-order valence-corrected chi connectivity index (χ2v) is 6.01. The van der Waals surface area contributed by atoms with Crippen molar-refractivity contribution in [1.82, 2.24) is 14.9 Å². The molecule has 0 bridgehead atoms. The second-order valence-electron chi connectivity index (χ2n) is 5.09. The average molecular weight is 334 g/mol. The first-order valence-corrected chi connectivity index (χ1v) is 7.57. The first-order chi connectivity index (χ1) is 9.74. The summed E-state index contributed by atoms with van der Waals surface area (Å²) in [5.41, 5.74) is 0.699. The van der Waals surface area contributed by atoms with Crippen molar-refractivity contribution in [2.45, 2.75) is 31.3 Å². The van der Waals surface area contributed by atoms with Crippen LogP contribution >= 0.6 is 15.9 Å². The van der Waals surface area contributed by atoms with Crippen LogP contribution in [-0.2, 0) is 0 Å². The van der Waals surface area contributed by atoms with E-state index >= 15 is 0 Å². The van der Waals surface area contributed by atoms with Crippen molar-refractivity contribution < 1.29 is 4.79 Å². The Balaban J connectivity index is 1.70. The molecule has 0 unspecified atom stereocenters. The van der Waals surface area contributed by atoms with Gasteiger partial charge >= 0.3 is 0 Å². The molecule has 104 valence electrons. The average Bonchev–Trinajstić information content (AvgIpc) is 3.09. The summed E-state index contributed by atoms with van der Waals surface area (Å²) in [6.45, 7) is 0. The van der Waals surface area contributed by atoms with Crippen molar-refractivity contribution in [3.63, 3.8) is 0 Å². The molecule has 0 aliphatic heterocycles. The smallest absolute Gasteiger partial charge is 0.251 e. The van der Waals surface area contributed by atoms with E-state index in [9.17, 15) is 4.79 Å². The molecule has 1 N–H and O–H groups in total. The maximum atomic E-state index is 12.3. The summed E-state index contributed by atoms with van der Waals surface area (Å²) in [5.74, 6) is -0.00508. The van der Waals surface area contributed by atoms with Crippen molar-refractivity contribution >= 4 is 21.8 Å². The fraction of sp³-hybridized carbons (Fsp3) is 0.333. The zero-order valence-electron chi connectivity index (χ0n) is 11.0. The summed E-state index contributed by atoms with van der Waals surface area (Å²) in [6, 6.07) is 7.94. The van der Waals surface area contributed by atoms with Crippen molar-refractivity contribution in [2.24, 2.45) is 0 Å². The van der Waals surface area contributed by atoms with Gasteiger partial charge in [0, 0.05) is 28.5 Å². The van der Waals surface area contributed by atoms with Crippen LogP contribution in [0.5, 0.6) is 0 Å². The number of nitrogens with zero attached hydrogens (tertiary/aromatic N) is 2. The summed E-state index contributed by atoms with van der Waals surface area (Å²) in [5, 5.41) is 3.15. The summed E-state index contributed by atoms with van der Waals surface area (Å²) >= 11 is 3.38. The Kier molecular flexibility index (Phi) is 3.87. The minimum atomic E-state index is -0.00508. The minimum absolute atomic E-state index is 0.00508. The maximum absolute atomic E-state index is 12.3. The van der Waals surface area contributed by atoms with Crippen LogP contribution < -0.4 is 5.32 Å². The number of halogens is 1.